The highest BCUT2D eigenvalue weighted by Gasteiger charge is 2.38. The summed E-state index contributed by atoms with van der Waals surface area (Å²) in [7, 11) is 0. The van der Waals surface area contributed by atoms with E-state index in [0.29, 0.717) is 41.6 Å². The van der Waals surface area contributed by atoms with Gasteiger partial charge in [0.05, 0.1) is 11.8 Å². The molecule has 0 unspecified atom stereocenters. The van der Waals surface area contributed by atoms with Crippen LogP contribution in [-0.2, 0) is 17.6 Å². The molecule has 1 saturated heterocycles. The number of aliphatic hydroxyl groups excluding tert-OH is 1. The lowest BCUT2D eigenvalue weighted by atomic mass is 10.1. The van der Waals surface area contributed by atoms with E-state index < -0.39 is 12.1 Å². The summed E-state index contributed by atoms with van der Waals surface area (Å²) in [6.45, 7) is 4.51. The van der Waals surface area contributed by atoms with E-state index in [9.17, 15) is 9.90 Å². The molecule has 2 atom stereocenters. The molecule has 168 valence electrons. The Bertz CT molecular complexity index is 1110. The lowest BCUT2D eigenvalue weighted by Gasteiger charge is -2.24. The van der Waals surface area contributed by atoms with Gasteiger partial charge in [-0.25, -0.2) is 9.97 Å². The van der Waals surface area contributed by atoms with E-state index in [4.69, 9.17) is 9.97 Å². The number of amides is 1. The second-order valence-electron chi connectivity index (χ2n) is 8.52. The first-order chi connectivity index (χ1) is 15.5. The Morgan fingerprint density at radius 1 is 1.34 bits per heavy atom. The number of H-pyrrole nitrogens is 1. The molecule has 3 aromatic rings. The van der Waals surface area contributed by atoms with Crippen molar-refractivity contribution in [3.8, 4) is 0 Å². The van der Waals surface area contributed by atoms with Gasteiger partial charge in [-0.2, -0.15) is 10.1 Å². The van der Waals surface area contributed by atoms with Crippen LogP contribution in [0.15, 0.2) is 17.6 Å². The van der Waals surface area contributed by atoms with E-state index in [0.717, 1.165) is 36.2 Å². The molecular weight excluding hydrogens is 428 g/mol. The topological polar surface area (TPSA) is 132 Å². The fourth-order valence-electron chi connectivity index (χ4n) is 4.23. The second-order valence-corrected chi connectivity index (χ2v) is 9.42. The number of carbonyl (C=O) groups is 1. The molecule has 5 rings (SSSR count). The number of thiazole rings is 1. The number of nitrogens with zero attached hydrogens (tertiary/aromatic N) is 5. The molecule has 0 spiro atoms. The summed E-state index contributed by atoms with van der Waals surface area (Å²) in [5.74, 6) is 1.98. The van der Waals surface area contributed by atoms with Gasteiger partial charge in [-0.05, 0) is 25.2 Å². The van der Waals surface area contributed by atoms with Gasteiger partial charge in [0.2, 0.25) is 11.9 Å². The molecule has 0 bridgehead atoms. The number of aryl methyl sites for hydroxylation is 1. The fourth-order valence-corrected chi connectivity index (χ4v) is 4.76. The Kier molecular flexibility index (Phi) is 5.51. The Labute approximate surface area is 189 Å². The molecule has 2 aliphatic rings. The van der Waals surface area contributed by atoms with Crippen LogP contribution in [0.2, 0.25) is 0 Å². The largest absolute Gasteiger partial charge is 0.391 e. The zero-order chi connectivity index (χ0) is 22.2. The minimum atomic E-state index is -0.629. The van der Waals surface area contributed by atoms with Crippen LogP contribution in [0.1, 0.15) is 49.6 Å². The van der Waals surface area contributed by atoms with Crippen molar-refractivity contribution in [3.63, 3.8) is 0 Å². The minimum Gasteiger partial charge on any atom is -0.391 e. The summed E-state index contributed by atoms with van der Waals surface area (Å²) in [6.07, 6.45) is 4.10. The van der Waals surface area contributed by atoms with Crippen molar-refractivity contribution >= 4 is 40.0 Å². The molecule has 10 nitrogen and oxygen atoms in total. The highest BCUT2D eigenvalue weighted by atomic mass is 32.1. The first-order valence-electron chi connectivity index (χ1n) is 10.8. The van der Waals surface area contributed by atoms with Gasteiger partial charge < -0.3 is 20.6 Å². The van der Waals surface area contributed by atoms with Gasteiger partial charge in [-0.3, -0.25) is 9.89 Å². The standard InChI is InChI=1S/C21H26N8O2S/c1-11(2)15-9-17(28-27-15)24-18-13-4-3-5-14(13)23-20(25-18)29-10-12(30)8-16(29)19(31)26-21-22-6-7-32-21/h6-7,9,11-12,16,30H,3-5,8,10H2,1-2H3,(H,22,26,31)(H2,23,24,25,27,28)/t12-,16+/m1/s1. The van der Waals surface area contributed by atoms with Crippen molar-refractivity contribution < 1.29 is 9.90 Å². The molecular formula is C21H26N8O2S. The third kappa shape index (κ3) is 4.05. The van der Waals surface area contributed by atoms with E-state index in [1.54, 1.807) is 16.5 Å². The number of β-amino-alcohol motifs (C(OH)–C–C–N with tert-alkyl or cyclic N) is 1. The van der Waals surface area contributed by atoms with E-state index >= 15 is 0 Å². The Hall–Kier alpha value is -3.05. The van der Waals surface area contributed by atoms with Crippen LogP contribution in [0.5, 0.6) is 0 Å². The molecule has 4 N–H and O–H groups in total. The van der Waals surface area contributed by atoms with Gasteiger partial charge >= 0.3 is 0 Å². The number of aromatic nitrogens is 5. The molecule has 1 aliphatic carbocycles. The Morgan fingerprint density at radius 3 is 2.97 bits per heavy atom. The van der Waals surface area contributed by atoms with Crippen molar-refractivity contribution in [2.45, 2.75) is 57.6 Å². The number of aliphatic hydroxyl groups is 1. The van der Waals surface area contributed by atoms with E-state index in [-0.39, 0.29) is 5.91 Å². The van der Waals surface area contributed by atoms with Crippen molar-refractivity contribution in [2.24, 2.45) is 0 Å². The molecule has 4 heterocycles. The molecule has 0 aromatic carbocycles. The fraction of sp³-hybridized carbons (Fsp3) is 0.476. The van der Waals surface area contributed by atoms with E-state index in [1.807, 2.05) is 6.07 Å². The van der Waals surface area contributed by atoms with Gasteiger partial charge in [0.25, 0.3) is 0 Å². The molecule has 0 saturated carbocycles. The maximum absolute atomic E-state index is 12.9. The van der Waals surface area contributed by atoms with Crippen molar-refractivity contribution in [3.05, 3.63) is 34.6 Å². The van der Waals surface area contributed by atoms with Gasteiger partial charge in [0.1, 0.15) is 11.9 Å². The summed E-state index contributed by atoms with van der Waals surface area (Å²) < 4.78 is 0. The number of fused-ring (bicyclic) bond motifs is 1. The lowest BCUT2D eigenvalue weighted by Crippen LogP contribution is -2.40. The maximum atomic E-state index is 12.9. The summed E-state index contributed by atoms with van der Waals surface area (Å²) in [5, 5.41) is 26.3. The number of carbonyl (C=O) groups excluding carboxylic acids is 1. The third-order valence-electron chi connectivity index (χ3n) is 5.89. The zero-order valence-electron chi connectivity index (χ0n) is 18.0. The van der Waals surface area contributed by atoms with Crippen molar-refractivity contribution in [1.29, 1.82) is 0 Å². The summed E-state index contributed by atoms with van der Waals surface area (Å²) in [4.78, 5) is 28.4. The molecule has 0 radical (unpaired) electrons. The lowest BCUT2D eigenvalue weighted by molar-refractivity contribution is -0.117. The van der Waals surface area contributed by atoms with Crippen LogP contribution in [0, 0.1) is 0 Å². The van der Waals surface area contributed by atoms with E-state index in [2.05, 4.69) is 39.7 Å². The van der Waals surface area contributed by atoms with Crippen LogP contribution in [0.3, 0.4) is 0 Å². The SMILES string of the molecule is CC(C)c1cc(Nc2nc(N3C[C@H](O)C[C@H]3C(=O)Nc3nccs3)nc3c2CCC3)n[nH]1. The van der Waals surface area contributed by atoms with Crippen molar-refractivity contribution in [1.82, 2.24) is 25.1 Å². The van der Waals surface area contributed by atoms with Crippen LogP contribution >= 0.6 is 11.3 Å². The van der Waals surface area contributed by atoms with Gasteiger partial charge in [-0.15, -0.1) is 11.3 Å². The predicted molar refractivity (Wildman–Crippen MR) is 123 cm³/mol. The first kappa shape index (κ1) is 20.8. The monoisotopic (exact) mass is 454 g/mol. The number of hydrogen-bond donors (Lipinski definition) is 4. The smallest absolute Gasteiger partial charge is 0.249 e. The number of anilines is 4. The first-order valence-corrected chi connectivity index (χ1v) is 11.7. The Morgan fingerprint density at radius 2 is 2.22 bits per heavy atom. The van der Waals surface area contributed by atoms with Crippen molar-refractivity contribution in [2.75, 3.05) is 22.1 Å². The number of rotatable bonds is 6. The molecule has 1 aliphatic heterocycles. The summed E-state index contributed by atoms with van der Waals surface area (Å²) >= 11 is 1.36. The second kappa shape index (κ2) is 8.47. The zero-order valence-corrected chi connectivity index (χ0v) is 18.8. The predicted octanol–water partition coefficient (Wildman–Crippen LogP) is 2.59. The molecule has 1 amide bonds. The molecule has 1 fully saturated rings. The molecule has 11 heteroatoms. The molecule has 32 heavy (non-hydrogen) atoms. The summed E-state index contributed by atoms with van der Waals surface area (Å²) in [6, 6.07) is 1.41. The van der Waals surface area contributed by atoms with Crippen LogP contribution in [-0.4, -0.2) is 54.9 Å². The van der Waals surface area contributed by atoms with Gasteiger partial charge in [-0.1, -0.05) is 13.8 Å². The normalized spacial score (nSPS) is 20.1. The number of aromatic amines is 1. The highest BCUT2D eigenvalue weighted by Crippen LogP contribution is 2.33. The average molecular weight is 455 g/mol. The maximum Gasteiger partial charge on any atom is 0.249 e. The average Bonchev–Trinajstić information content (AvgIpc) is 3.54. The van der Waals surface area contributed by atoms with Crippen LogP contribution in [0.25, 0.3) is 0 Å². The quantitative estimate of drug-likeness (QED) is 0.447. The van der Waals surface area contributed by atoms with Gasteiger partial charge in [0.15, 0.2) is 10.9 Å². The van der Waals surface area contributed by atoms with Crippen LogP contribution < -0.4 is 15.5 Å². The summed E-state index contributed by atoms with van der Waals surface area (Å²) in [5.41, 5.74) is 3.11. The molecule has 3 aromatic heterocycles. The van der Waals surface area contributed by atoms with E-state index in [1.165, 1.54) is 11.3 Å². The minimum absolute atomic E-state index is 0.219. The highest BCUT2D eigenvalue weighted by molar-refractivity contribution is 7.13. The van der Waals surface area contributed by atoms with Gasteiger partial charge in [0, 0.05) is 41.9 Å². The number of hydrogen-bond acceptors (Lipinski definition) is 9. The third-order valence-corrected chi connectivity index (χ3v) is 6.58. The van der Waals surface area contributed by atoms with Crippen LogP contribution in [0.4, 0.5) is 22.7 Å². The Balaban J connectivity index is 1.44. The number of nitrogens with one attached hydrogen (secondary N) is 3.